The molecular weight excluding hydrogens is 302 g/mol. The fraction of sp³-hybridized carbons (Fsp3) is 0.571. The van der Waals surface area contributed by atoms with Gasteiger partial charge in [0.15, 0.2) is 0 Å². The highest BCUT2D eigenvalue weighted by atomic mass is 32.2. The number of rotatable bonds is 5. The maximum Gasteiger partial charge on any atom is 0.233 e. The number of amides is 1. The SMILES string of the molecule is CC1CCCN(C(=O)CSc2nnnn2Cc2ccco2)C1. The number of carbonyl (C=O) groups excluding carboxylic acids is 1. The first-order valence-electron chi connectivity index (χ1n) is 7.41. The fourth-order valence-electron chi connectivity index (χ4n) is 2.58. The van der Waals surface area contributed by atoms with Crippen LogP contribution >= 0.6 is 11.8 Å². The summed E-state index contributed by atoms with van der Waals surface area (Å²) in [5.74, 6) is 1.90. The average Bonchev–Trinajstić information content (AvgIpc) is 3.17. The van der Waals surface area contributed by atoms with Crippen molar-refractivity contribution in [1.29, 1.82) is 0 Å². The van der Waals surface area contributed by atoms with Gasteiger partial charge in [-0.3, -0.25) is 4.79 Å². The molecule has 1 amide bonds. The Balaban J connectivity index is 1.55. The van der Waals surface area contributed by atoms with E-state index >= 15 is 0 Å². The summed E-state index contributed by atoms with van der Waals surface area (Å²) in [6, 6.07) is 3.70. The van der Waals surface area contributed by atoms with Crippen LogP contribution in [0.4, 0.5) is 0 Å². The monoisotopic (exact) mass is 321 g/mol. The Morgan fingerprint density at radius 2 is 2.45 bits per heavy atom. The van der Waals surface area contributed by atoms with Gasteiger partial charge in [-0.1, -0.05) is 18.7 Å². The molecule has 1 atom stereocenters. The van der Waals surface area contributed by atoms with E-state index in [0.29, 0.717) is 23.4 Å². The van der Waals surface area contributed by atoms with Crippen molar-refractivity contribution < 1.29 is 9.21 Å². The minimum absolute atomic E-state index is 0.157. The summed E-state index contributed by atoms with van der Waals surface area (Å²) in [7, 11) is 0. The minimum atomic E-state index is 0.157. The van der Waals surface area contributed by atoms with E-state index in [9.17, 15) is 4.79 Å². The van der Waals surface area contributed by atoms with Crippen LogP contribution in [0.2, 0.25) is 0 Å². The predicted molar refractivity (Wildman–Crippen MR) is 81.3 cm³/mol. The molecule has 3 heterocycles. The summed E-state index contributed by atoms with van der Waals surface area (Å²) in [5.41, 5.74) is 0. The molecule has 1 aliphatic rings. The molecule has 0 bridgehead atoms. The zero-order valence-electron chi connectivity index (χ0n) is 12.5. The molecule has 118 valence electrons. The number of hydrogen-bond donors (Lipinski definition) is 0. The number of piperidine rings is 1. The van der Waals surface area contributed by atoms with Crippen molar-refractivity contribution in [2.24, 2.45) is 5.92 Å². The van der Waals surface area contributed by atoms with Crippen molar-refractivity contribution in [2.45, 2.75) is 31.5 Å². The van der Waals surface area contributed by atoms with Crippen molar-refractivity contribution in [3.8, 4) is 0 Å². The average molecular weight is 321 g/mol. The van der Waals surface area contributed by atoms with E-state index in [1.807, 2.05) is 17.0 Å². The molecule has 1 unspecified atom stereocenters. The van der Waals surface area contributed by atoms with E-state index in [1.54, 1.807) is 10.9 Å². The van der Waals surface area contributed by atoms with Crippen LogP contribution in [0.5, 0.6) is 0 Å². The highest BCUT2D eigenvalue weighted by Gasteiger charge is 2.21. The van der Waals surface area contributed by atoms with Gasteiger partial charge in [0.25, 0.3) is 0 Å². The van der Waals surface area contributed by atoms with E-state index in [2.05, 4.69) is 22.4 Å². The van der Waals surface area contributed by atoms with Gasteiger partial charge in [-0.05, 0) is 41.3 Å². The first kappa shape index (κ1) is 15.1. The number of carbonyl (C=O) groups is 1. The molecule has 0 aromatic carbocycles. The summed E-state index contributed by atoms with van der Waals surface area (Å²) < 4.78 is 6.94. The largest absolute Gasteiger partial charge is 0.467 e. The summed E-state index contributed by atoms with van der Waals surface area (Å²) in [6.45, 7) is 4.38. The molecule has 3 rings (SSSR count). The Hall–Kier alpha value is -1.83. The number of nitrogens with zero attached hydrogens (tertiary/aromatic N) is 5. The Bertz CT molecular complexity index is 613. The quantitative estimate of drug-likeness (QED) is 0.780. The van der Waals surface area contributed by atoms with E-state index in [4.69, 9.17) is 4.42 Å². The van der Waals surface area contributed by atoms with Crippen LogP contribution in [0.25, 0.3) is 0 Å². The van der Waals surface area contributed by atoms with Gasteiger partial charge in [-0.25, -0.2) is 4.68 Å². The first-order chi connectivity index (χ1) is 10.7. The van der Waals surface area contributed by atoms with Crippen molar-refractivity contribution in [3.05, 3.63) is 24.2 Å². The van der Waals surface area contributed by atoms with Gasteiger partial charge in [0, 0.05) is 13.1 Å². The molecule has 1 saturated heterocycles. The zero-order valence-corrected chi connectivity index (χ0v) is 13.3. The molecule has 0 spiro atoms. The molecule has 0 saturated carbocycles. The number of likely N-dealkylation sites (tertiary alicyclic amines) is 1. The molecule has 8 heteroatoms. The molecule has 22 heavy (non-hydrogen) atoms. The van der Waals surface area contributed by atoms with Gasteiger partial charge >= 0.3 is 0 Å². The minimum Gasteiger partial charge on any atom is -0.467 e. The molecule has 0 aliphatic carbocycles. The molecule has 7 nitrogen and oxygen atoms in total. The van der Waals surface area contributed by atoms with Crippen molar-refractivity contribution in [1.82, 2.24) is 25.1 Å². The number of furan rings is 1. The van der Waals surface area contributed by atoms with Gasteiger partial charge in [0.2, 0.25) is 11.1 Å². The van der Waals surface area contributed by atoms with Gasteiger partial charge < -0.3 is 9.32 Å². The smallest absolute Gasteiger partial charge is 0.233 e. The van der Waals surface area contributed by atoms with Crippen LogP contribution in [0.3, 0.4) is 0 Å². The van der Waals surface area contributed by atoms with Crippen LogP contribution in [-0.2, 0) is 11.3 Å². The zero-order chi connectivity index (χ0) is 15.4. The lowest BCUT2D eigenvalue weighted by Gasteiger charge is -2.30. The Labute approximate surface area is 133 Å². The van der Waals surface area contributed by atoms with Gasteiger partial charge in [-0.15, -0.1) is 5.10 Å². The summed E-state index contributed by atoms with van der Waals surface area (Å²) in [4.78, 5) is 14.2. The molecule has 0 N–H and O–H groups in total. The molecular formula is C14H19N5O2S. The predicted octanol–water partition coefficient (Wildman–Crippen LogP) is 1.66. The Kier molecular flexibility index (Phi) is 4.77. The highest BCUT2D eigenvalue weighted by Crippen LogP contribution is 2.19. The fourth-order valence-corrected chi connectivity index (χ4v) is 3.36. The van der Waals surface area contributed by atoms with Crippen LogP contribution in [0.15, 0.2) is 28.0 Å². The highest BCUT2D eigenvalue weighted by molar-refractivity contribution is 7.99. The topological polar surface area (TPSA) is 77.1 Å². The van der Waals surface area contributed by atoms with Crippen LogP contribution in [0.1, 0.15) is 25.5 Å². The van der Waals surface area contributed by atoms with E-state index < -0.39 is 0 Å². The summed E-state index contributed by atoms with van der Waals surface area (Å²) >= 11 is 1.37. The molecule has 1 aliphatic heterocycles. The van der Waals surface area contributed by atoms with Crippen molar-refractivity contribution in [3.63, 3.8) is 0 Å². The number of tetrazole rings is 1. The summed E-state index contributed by atoms with van der Waals surface area (Å²) in [5, 5.41) is 12.2. The second kappa shape index (κ2) is 6.95. The standard InChI is InChI=1S/C14H19N5O2S/c1-11-4-2-6-18(8-11)13(20)10-22-14-15-16-17-19(14)9-12-5-3-7-21-12/h3,5,7,11H,2,4,6,8-10H2,1H3. The lowest BCUT2D eigenvalue weighted by atomic mass is 10.0. The Morgan fingerprint density at radius 3 is 3.23 bits per heavy atom. The summed E-state index contributed by atoms with van der Waals surface area (Å²) in [6.07, 6.45) is 3.92. The number of aromatic nitrogens is 4. The third-order valence-corrected chi connectivity index (χ3v) is 4.66. The van der Waals surface area contributed by atoms with Gasteiger partial charge in [0.05, 0.1) is 12.0 Å². The number of hydrogen-bond acceptors (Lipinski definition) is 6. The lowest BCUT2D eigenvalue weighted by Crippen LogP contribution is -2.40. The van der Waals surface area contributed by atoms with E-state index in [0.717, 1.165) is 25.3 Å². The maximum absolute atomic E-state index is 12.3. The van der Waals surface area contributed by atoms with Gasteiger partial charge in [-0.2, -0.15) is 0 Å². The van der Waals surface area contributed by atoms with Crippen molar-refractivity contribution in [2.75, 3.05) is 18.8 Å². The van der Waals surface area contributed by atoms with E-state index in [1.165, 1.54) is 18.2 Å². The molecule has 2 aromatic heterocycles. The molecule has 2 aromatic rings. The second-order valence-corrected chi connectivity index (χ2v) is 6.52. The Morgan fingerprint density at radius 1 is 1.55 bits per heavy atom. The normalized spacial score (nSPS) is 18.6. The molecule has 0 radical (unpaired) electrons. The molecule has 1 fully saturated rings. The third-order valence-electron chi connectivity index (χ3n) is 3.72. The lowest BCUT2D eigenvalue weighted by molar-refractivity contribution is -0.130. The van der Waals surface area contributed by atoms with Crippen LogP contribution in [0, 0.1) is 5.92 Å². The number of thioether (sulfide) groups is 1. The van der Waals surface area contributed by atoms with Gasteiger partial charge in [0.1, 0.15) is 12.3 Å². The van der Waals surface area contributed by atoms with Crippen LogP contribution in [-0.4, -0.2) is 49.9 Å². The first-order valence-corrected chi connectivity index (χ1v) is 8.40. The van der Waals surface area contributed by atoms with Crippen molar-refractivity contribution >= 4 is 17.7 Å². The third kappa shape index (κ3) is 3.68. The second-order valence-electron chi connectivity index (χ2n) is 5.57. The van der Waals surface area contributed by atoms with Crippen LogP contribution < -0.4 is 0 Å². The van der Waals surface area contributed by atoms with E-state index in [-0.39, 0.29) is 5.91 Å². The maximum atomic E-state index is 12.3.